The lowest BCUT2D eigenvalue weighted by atomic mass is 9.89. The smallest absolute Gasteiger partial charge is 0.407 e. The van der Waals surface area contributed by atoms with Crippen molar-refractivity contribution in [1.82, 2.24) is 15.5 Å². The molecule has 0 unspecified atom stereocenters. The number of ether oxygens (including phenoxy) is 1. The number of nitrogens with zero attached hydrogens (tertiary/aromatic N) is 2. The lowest BCUT2D eigenvalue weighted by molar-refractivity contribution is -0.158. The molecule has 0 bridgehead atoms. The Bertz CT molecular complexity index is 695. The van der Waals surface area contributed by atoms with Crippen molar-refractivity contribution in [1.29, 1.82) is 5.26 Å². The molecule has 2 saturated heterocycles. The van der Waals surface area contributed by atoms with Crippen LogP contribution in [-0.4, -0.2) is 71.5 Å². The summed E-state index contributed by atoms with van der Waals surface area (Å²) in [4.78, 5) is 23.6. The fourth-order valence-electron chi connectivity index (χ4n) is 3.41. The second kappa shape index (κ2) is 9.22. The largest absolute Gasteiger partial charge is 0.465 e. The molecule has 5 N–H and O–H groups in total. The first-order chi connectivity index (χ1) is 14.2. The second-order valence-corrected chi connectivity index (χ2v) is 9.63. The monoisotopic (exact) mass is 445 g/mol. The molecule has 0 aromatic rings. The highest BCUT2D eigenvalue weighted by Gasteiger charge is 2.46. The van der Waals surface area contributed by atoms with Gasteiger partial charge < -0.3 is 25.8 Å². The fourth-order valence-corrected chi connectivity index (χ4v) is 3.41. The molecule has 1 spiro atoms. The summed E-state index contributed by atoms with van der Waals surface area (Å²) >= 11 is 0. The van der Waals surface area contributed by atoms with Gasteiger partial charge in [-0.25, -0.2) is 13.6 Å². The lowest BCUT2D eigenvalue weighted by Gasteiger charge is -2.48. The number of carbonyl (C=O) groups is 2. The molecule has 0 aromatic heterocycles. The van der Waals surface area contributed by atoms with Crippen molar-refractivity contribution in [3.05, 3.63) is 0 Å². The van der Waals surface area contributed by atoms with Gasteiger partial charge in [-0.3, -0.25) is 10.1 Å². The number of nitrogens with one attached hydrogen (secondary N) is 2. The zero-order valence-corrected chi connectivity index (χ0v) is 18.3. The van der Waals surface area contributed by atoms with Crippen molar-refractivity contribution < 1.29 is 28.2 Å². The van der Waals surface area contributed by atoms with Crippen molar-refractivity contribution in [3.8, 4) is 6.07 Å². The molecule has 1 aliphatic carbocycles. The summed E-state index contributed by atoms with van der Waals surface area (Å²) in [6, 6.07) is 0.658. The molecule has 0 radical (unpaired) electrons. The van der Waals surface area contributed by atoms with Crippen LogP contribution in [-0.2, 0) is 9.53 Å². The molecule has 0 aromatic carbocycles. The van der Waals surface area contributed by atoms with E-state index in [9.17, 15) is 18.4 Å². The molecule has 2 amide bonds. The summed E-state index contributed by atoms with van der Waals surface area (Å²) < 4.78 is 31.0. The molecule has 1 atom stereocenters. The quantitative estimate of drug-likeness (QED) is 0.515. The predicted molar refractivity (Wildman–Crippen MR) is 108 cm³/mol. The molecular weight excluding hydrogens is 412 g/mol. The van der Waals surface area contributed by atoms with Crippen molar-refractivity contribution >= 4 is 12.0 Å². The van der Waals surface area contributed by atoms with E-state index in [4.69, 9.17) is 20.8 Å². The van der Waals surface area contributed by atoms with E-state index < -0.39 is 35.9 Å². The minimum atomic E-state index is -2.97. The van der Waals surface area contributed by atoms with E-state index in [0.29, 0.717) is 32.9 Å². The van der Waals surface area contributed by atoms with Gasteiger partial charge in [-0.15, -0.1) is 0 Å². The van der Waals surface area contributed by atoms with Gasteiger partial charge in [0.15, 0.2) is 0 Å². The Kier molecular flexibility index (Phi) is 7.51. The number of hydrogen-bond donors (Lipinski definition) is 4. The van der Waals surface area contributed by atoms with Crippen molar-refractivity contribution in [2.75, 3.05) is 26.2 Å². The van der Waals surface area contributed by atoms with Gasteiger partial charge in [-0.05, 0) is 19.8 Å². The van der Waals surface area contributed by atoms with E-state index in [-0.39, 0.29) is 11.1 Å². The summed E-state index contributed by atoms with van der Waals surface area (Å²) in [6.07, 6.45) is 1.08. The highest BCUT2D eigenvalue weighted by Crippen LogP contribution is 2.34. The number of piperidine rings is 1. The van der Waals surface area contributed by atoms with Crippen LogP contribution in [0.1, 0.15) is 52.9 Å². The second-order valence-electron chi connectivity index (χ2n) is 9.63. The van der Waals surface area contributed by atoms with Crippen LogP contribution in [0, 0.1) is 16.7 Å². The van der Waals surface area contributed by atoms with Crippen LogP contribution >= 0.6 is 0 Å². The van der Waals surface area contributed by atoms with Crippen LogP contribution in [0.2, 0.25) is 0 Å². The SMILES string of the molecule is CC(F)(F)C[C@H](N)C(=O)NC1(C#N)CC1.CC1(C)CNC2(CCN(C(=O)O)CC2)OC1. The van der Waals surface area contributed by atoms with Crippen molar-refractivity contribution in [2.24, 2.45) is 11.1 Å². The maximum atomic E-state index is 12.5. The number of amides is 2. The van der Waals surface area contributed by atoms with Crippen LogP contribution in [0.3, 0.4) is 0 Å². The summed E-state index contributed by atoms with van der Waals surface area (Å²) in [5.41, 5.74) is 4.34. The van der Waals surface area contributed by atoms with Crippen LogP contribution < -0.4 is 16.4 Å². The molecule has 3 fully saturated rings. The topological polar surface area (TPSA) is 141 Å². The standard InChI is InChI=1S/C11H20N2O3.C9H13F2N3O/c1-10(2)7-12-11(16-8-10)3-5-13(6-4-11)9(14)15;1-8(10,11)4-6(13)7(15)14-9(5-12)2-3-9/h12H,3-8H2,1-2H3,(H,14,15);6H,2-4,13H2,1H3,(H,14,15)/t;6-/m.0/s1. The van der Waals surface area contributed by atoms with Gasteiger partial charge in [-0.1, -0.05) is 13.8 Å². The number of nitrogens with two attached hydrogens (primary N) is 1. The Morgan fingerprint density at radius 1 is 1.32 bits per heavy atom. The summed E-state index contributed by atoms with van der Waals surface area (Å²) in [7, 11) is 0. The first-order valence-electron chi connectivity index (χ1n) is 10.4. The van der Waals surface area contributed by atoms with Gasteiger partial charge >= 0.3 is 6.09 Å². The number of carboxylic acid groups (broad SMARTS) is 1. The molecule has 9 nitrogen and oxygen atoms in total. The van der Waals surface area contributed by atoms with Crippen molar-refractivity contribution in [2.45, 2.75) is 76.1 Å². The molecule has 3 rings (SSSR count). The predicted octanol–water partition coefficient (Wildman–Crippen LogP) is 1.63. The zero-order valence-electron chi connectivity index (χ0n) is 18.3. The molecule has 3 aliphatic rings. The van der Waals surface area contributed by atoms with Gasteiger partial charge in [-0.2, -0.15) is 5.26 Å². The van der Waals surface area contributed by atoms with E-state index in [2.05, 4.69) is 24.5 Å². The van der Waals surface area contributed by atoms with Gasteiger partial charge in [0.1, 0.15) is 11.3 Å². The maximum Gasteiger partial charge on any atom is 0.407 e. The average Bonchev–Trinajstić information content (AvgIpc) is 3.44. The normalized spacial score (nSPS) is 24.2. The number of rotatable bonds is 4. The molecular formula is C20H33F2N5O4. The first kappa shape index (κ1) is 25.2. The number of nitriles is 1. The molecule has 2 aliphatic heterocycles. The number of carbonyl (C=O) groups excluding carboxylic acids is 1. The number of likely N-dealkylation sites (tertiary alicyclic amines) is 1. The van der Waals surface area contributed by atoms with E-state index in [1.54, 1.807) is 0 Å². The van der Waals surface area contributed by atoms with Gasteiger partial charge in [0.05, 0.1) is 18.7 Å². The Hall–Kier alpha value is -2.03. The highest BCUT2D eigenvalue weighted by atomic mass is 19.3. The summed E-state index contributed by atoms with van der Waals surface area (Å²) in [5.74, 6) is -3.66. The Morgan fingerprint density at radius 2 is 1.90 bits per heavy atom. The molecule has 31 heavy (non-hydrogen) atoms. The highest BCUT2D eigenvalue weighted by molar-refractivity contribution is 5.83. The molecule has 2 heterocycles. The summed E-state index contributed by atoms with van der Waals surface area (Å²) in [5, 5.41) is 23.4. The zero-order chi connectivity index (χ0) is 23.5. The van der Waals surface area contributed by atoms with E-state index in [0.717, 1.165) is 26.0 Å². The van der Waals surface area contributed by atoms with Crippen molar-refractivity contribution in [3.63, 3.8) is 0 Å². The Labute approximate surface area is 181 Å². The number of hydrogen-bond acceptors (Lipinski definition) is 6. The number of alkyl halides is 2. The van der Waals surface area contributed by atoms with Gasteiger partial charge in [0.25, 0.3) is 0 Å². The first-order valence-corrected chi connectivity index (χ1v) is 10.4. The van der Waals surface area contributed by atoms with Crippen LogP contribution in [0.4, 0.5) is 13.6 Å². The third-order valence-electron chi connectivity index (χ3n) is 5.71. The van der Waals surface area contributed by atoms with Crippen LogP contribution in [0.15, 0.2) is 0 Å². The molecule has 1 saturated carbocycles. The molecule has 11 heteroatoms. The molecule has 176 valence electrons. The lowest BCUT2D eigenvalue weighted by Crippen LogP contribution is -2.62. The third-order valence-corrected chi connectivity index (χ3v) is 5.71. The van der Waals surface area contributed by atoms with Gasteiger partial charge in [0.2, 0.25) is 11.8 Å². The van der Waals surface area contributed by atoms with Crippen LogP contribution in [0.5, 0.6) is 0 Å². The Balaban J connectivity index is 0.000000221. The maximum absolute atomic E-state index is 12.5. The van der Waals surface area contributed by atoms with Gasteiger partial charge in [0, 0.05) is 44.3 Å². The van der Waals surface area contributed by atoms with E-state index >= 15 is 0 Å². The van der Waals surface area contributed by atoms with E-state index in [1.807, 2.05) is 6.07 Å². The summed E-state index contributed by atoms with van der Waals surface area (Å²) in [6.45, 7) is 7.83. The van der Waals surface area contributed by atoms with Crippen LogP contribution in [0.25, 0.3) is 0 Å². The minimum Gasteiger partial charge on any atom is -0.465 e. The average molecular weight is 446 g/mol. The van der Waals surface area contributed by atoms with E-state index in [1.165, 1.54) is 4.90 Å². The minimum absolute atomic E-state index is 0.176. The number of halogens is 2. The third kappa shape index (κ3) is 7.55. The Morgan fingerprint density at radius 3 is 2.29 bits per heavy atom. The fraction of sp³-hybridized carbons (Fsp3) is 0.850.